The molecule has 3 aromatic rings. The molecule has 0 saturated carbocycles. The van der Waals surface area contributed by atoms with E-state index >= 15 is 0 Å². The number of rotatable bonds is 7. The van der Waals surface area contributed by atoms with Gasteiger partial charge in [-0.25, -0.2) is 4.98 Å². The monoisotopic (exact) mass is 376 g/mol. The molecule has 25 heavy (non-hydrogen) atoms. The van der Waals surface area contributed by atoms with Gasteiger partial charge in [0.2, 0.25) is 0 Å². The molecule has 1 atom stereocenters. The molecule has 0 aliphatic carbocycles. The molecule has 0 aliphatic heterocycles. The first-order valence-corrected chi connectivity index (χ1v) is 8.56. The molecule has 0 amide bonds. The summed E-state index contributed by atoms with van der Waals surface area (Å²) in [7, 11) is 1.65. The van der Waals surface area contributed by atoms with Crippen molar-refractivity contribution in [2.24, 2.45) is 0 Å². The highest BCUT2D eigenvalue weighted by Gasteiger charge is 2.15. The molecule has 0 saturated heterocycles. The van der Waals surface area contributed by atoms with Gasteiger partial charge < -0.3 is 14.0 Å². The summed E-state index contributed by atoms with van der Waals surface area (Å²) in [5.41, 5.74) is 2.00. The Balaban J connectivity index is 1.79. The Kier molecular flexibility index (Phi) is 5.97. The van der Waals surface area contributed by atoms with Crippen molar-refractivity contribution in [3.63, 3.8) is 0 Å². The number of nitrogens with zero attached hydrogens (tertiary/aromatic N) is 2. The van der Waals surface area contributed by atoms with Crippen LogP contribution in [0.3, 0.4) is 0 Å². The summed E-state index contributed by atoms with van der Waals surface area (Å²) < 4.78 is 13.4. The van der Waals surface area contributed by atoms with Crippen LogP contribution in [0, 0.1) is 0 Å². The smallest absolute Gasteiger partial charge is 0.119 e. The van der Waals surface area contributed by atoms with Crippen molar-refractivity contribution in [1.82, 2.24) is 9.55 Å². The standard InChI is InChI=1S/C19H18Cl2N2O2/c1-24-16-4-2-3-14(9-16)12-25-19(11-23-8-7-22-13-23)15-5-6-17(20)18(21)10-15/h2-10,13,19H,11-12H2,1H3. The van der Waals surface area contributed by atoms with E-state index in [0.717, 1.165) is 16.9 Å². The van der Waals surface area contributed by atoms with Crippen LogP contribution in [0.4, 0.5) is 0 Å². The molecule has 0 radical (unpaired) electrons. The minimum absolute atomic E-state index is 0.185. The lowest BCUT2D eigenvalue weighted by Gasteiger charge is -2.20. The van der Waals surface area contributed by atoms with Crippen molar-refractivity contribution >= 4 is 23.2 Å². The number of methoxy groups -OCH3 is 1. The second-order valence-electron chi connectivity index (χ2n) is 5.58. The zero-order chi connectivity index (χ0) is 17.6. The third-order valence-corrected chi connectivity index (χ3v) is 4.58. The summed E-state index contributed by atoms with van der Waals surface area (Å²) in [4.78, 5) is 4.09. The molecular weight excluding hydrogens is 359 g/mol. The maximum atomic E-state index is 6.18. The van der Waals surface area contributed by atoms with E-state index in [2.05, 4.69) is 4.98 Å². The maximum Gasteiger partial charge on any atom is 0.119 e. The Labute approximate surface area is 156 Å². The lowest BCUT2D eigenvalue weighted by Crippen LogP contribution is -2.12. The van der Waals surface area contributed by atoms with E-state index in [1.807, 2.05) is 47.2 Å². The lowest BCUT2D eigenvalue weighted by atomic mass is 10.1. The average molecular weight is 377 g/mol. The lowest BCUT2D eigenvalue weighted by molar-refractivity contribution is 0.0279. The molecule has 3 rings (SSSR count). The van der Waals surface area contributed by atoms with Gasteiger partial charge in [0, 0.05) is 12.4 Å². The van der Waals surface area contributed by atoms with Crippen LogP contribution in [-0.2, 0) is 17.9 Å². The van der Waals surface area contributed by atoms with E-state index in [1.54, 1.807) is 25.7 Å². The molecule has 0 aliphatic rings. The highest BCUT2D eigenvalue weighted by atomic mass is 35.5. The first-order valence-electron chi connectivity index (χ1n) is 7.81. The van der Waals surface area contributed by atoms with Crippen molar-refractivity contribution in [1.29, 1.82) is 0 Å². The summed E-state index contributed by atoms with van der Waals surface area (Å²) in [5, 5.41) is 1.04. The third kappa shape index (κ3) is 4.75. The van der Waals surface area contributed by atoms with Crippen LogP contribution in [0.25, 0.3) is 0 Å². The van der Waals surface area contributed by atoms with E-state index in [1.165, 1.54) is 0 Å². The van der Waals surface area contributed by atoms with Crippen LogP contribution in [0.1, 0.15) is 17.2 Å². The Morgan fingerprint density at radius 3 is 2.72 bits per heavy atom. The fourth-order valence-corrected chi connectivity index (χ4v) is 2.82. The Morgan fingerprint density at radius 1 is 1.12 bits per heavy atom. The number of aromatic nitrogens is 2. The van der Waals surface area contributed by atoms with E-state index in [-0.39, 0.29) is 6.10 Å². The number of hydrogen-bond acceptors (Lipinski definition) is 3. The van der Waals surface area contributed by atoms with Crippen molar-refractivity contribution in [3.8, 4) is 5.75 Å². The zero-order valence-electron chi connectivity index (χ0n) is 13.7. The Morgan fingerprint density at radius 2 is 2.00 bits per heavy atom. The van der Waals surface area contributed by atoms with E-state index in [9.17, 15) is 0 Å². The number of benzene rings is 2. The summed E-state index contributed by atoms with van der Waals surface area (Å²) >= 11 is 12.2. The van der Waals surface area contributed by atoms with Crippen LogP contribution < -0.4 is 4.74 Å². The van der Waals surface area contributed by atoms with Gasteiger partial charge in [0.05, 0.1) is 36.6 Å². The van der Waals surface area contributed by atoms with Gasteiger partial charge in [-0.1, -0.05) is 41.4 Å². The first kappa shape index (κ1) is 17.8. The second-order valence-corrected chi connectivity index (χ2v) is 6.40. The molecule has 0 bridgehead atoms. The fourth-order valence-electron chi connectivity index (χ4n) is 2.51. The second kappa shape index (κ2) is 8.39. The minimum Gasteiger partial charge on any atom is -0.497 e. The minimum atomic E-state index is -0.185. The van der Waals surface area contributed by atoms with Crippen molar-refractivity contribution in [2.45, 2.75) is 19.3 Å². The summed E-state index contributed by atoms with van der Waals surface area (Å²) in [6.07, 6.45) is 5.22. The first-order chi connectivity index (χ1) is 12.2. The number of hydrogen-bond donors (Lipinski definition) is 0. The van der Waals surface area contributed by atoms with Crippen LogP contribution in [0.15, 0.2) is 61.2 Å². The highest BCUT2D eigenvalue weighted by Crippen LogP contribution is 2.29. The predicted molar refractivity (Wildman–Crippen MR) is 99.2 cm³/mol. The van der Waals surface area contributed by atoms with E-state index < -0.39 is 0 Å². The van der Waals surface area contributed by atoms with Crippen LogP contribution in [0.5, 0.6) is 5.75 Å². The SMILES string of the molecule is COc1cccc(COC(Cn2ccnc2)c2ccc(Cl)c(Cl)c2)c1. The van der Waals surface area contributed by atoms with Crippen LogP contribution >= 0.6 is 23.2 Å². The molecular formula is C19H18Cl2N2O2. The molecule has 1 heterocycles. The van der Waals surface area contributed by atoms with Gasteiger partial charge in [-0.3, -0.25) is 0 Å². The van der Waals surface area contributed by atoms with Crippen LogP contribution in [0.2, 0.25) is 10.0 Å². The molecule has 1 unspecified atom stereocenters. The Bertz CT molecular complexity index is 822. The summed E-state index contributed by atoms with van der Waals surface area (Å²) in [6, 6.07) is 13.4. The van der Waals surface area contributed by atoms with Gasteiger partial charge in [0.15, 0.2) is 0 Å². The zero-order valence-corrected chi connectivity index (χ0v) is 15.2. The van der Waals surface area contributed by atoms with Gasteiger partial charge in [0.25, 0.3) is 0 Å². The van der Waals surface area contributed by atoms with Crippen molar-refractivity contribution in [3.05, 3.63) is 82.4 Å². The third-order valence-electron chi connectivity index (χ3n) is 3.84. The molecule has 4 nitrogen and oxygen atoms in total. The van der Waals surface area contributed by atoms with E-state index in [0.29, 0.717) is 23.2 Å². The van der Waals surface area contributed by atoms with Gasteiger partial charge in [-0.2, -0.15) is 0 Å². The largest absolute Gasteiger partial charge is 0.497 e. The normalized spacial score (nSPS) is 12.1. The molecule has 0 spiro atoms. The number of ether oxygens (including phenoxy) is 2. The fraction of sp³-hybridized carbons (Fsp3) is 0.211. The van der Waals surface area contributed by atoms with Gasteiger partial charge >= 0.3 is 0 Å². The topological polar surface area (TPSA) is 36.3 Å². The van der Waals surface area contributed by atoms with Crippen molar-refractivity contribution in [2.75, 3.05) is 7.11 Å². The average Bonchev–Trinajstić information content (AvgIpc) is 3.14. The number of halogens is 2. The number of imidazole rings is 1. The molecule has 0 N–H and O–H groups in total. The molecule has 1 aromatic heterocycles. The van der Waals surface area contributed by atoms with E-state index in [4.69, 9.17) is 32.7 Å². The van der Waals surface area contributed by atoms with Gasteiger partial charge in [0.1, 0.15) is 11.9 Å². The Hall–Kier alpha value is -2.01. The van der Waals surface area contributed by atoms with Gasteiger partial charge in [-0.05, 0) is 35.4 Å². The molecule has 0 fully saturated rings. The molecule has 6 heteroatoms. The quantitative estimate of drug-likeness (QED) is 0.571. The predicted octanol–water partition coefficient (Wildman–Crippen LogP) is 5.16. The summed E-state index contributed by atoms with van der Waals surface area (Å²) in [5.74, 6) is 0.807. The maximum absolute atomic E-state index is 6.18. The highest BCUT2D eigenvalue weighted by molar-refractivity contribution is 6.42. The summed E-state index contributed by atoms with van der Waals surface area (Å²) in [6.45, 7) is 1.08. The molecule has 130 valence electrons. The molecule has 2 aromatic carbocycles. The van der Waals surface area contributed by atoms with Gasteiger partial charge in [-0.15, -0.1) is 0 Å². The van der Waals surface area contributed by atoms with Crippen LogP contribution in [-0.4, -0.2) is 16.7 Å². The van der Waals surface area contributed by atoms with Crippen molar-refractivity contribution < 1.29 is 9.47 Å².